The summed E-state index contributed by atoms with van der Waals surface area (Å²) >= 11 is 3.36. The third-order valence-electron chi connectivity index (χ3n) is 5.26. The van der Waals surface area contributed by atoms with Gasteiger partial charge in [0.2, 0.25) is 0 Å². The maximum absolute atomic E-state index is 8.54. The number of aliphatic imine (C=N–C) groups is 2. The van der Waals surface area contributed by atoms with E-state index in [9.17, 15) is 0 Å². The highest BCUT2D eigenvalue weighted by Gasteiger charge is 2.31. The van der Waals surface area contributed by atoms with Crippen molar-refractivity contribution in [3.8, 4) is 0 Å². The van der Waals surface area contributed by atoms with E-state index in [2.05, 4.69) is 77.0 Å². The minimum absolute atomic E-state index is 0.196. The fourth-order valence-electron chi connectivity index (χ4n) is 3.49. The van der Waals surface area contributed by atoms with Crippen molar-refractivity contribution in [2.75, 3.05) is 0 Å². The zero-order chi connectivity index (χ0) is 23.8. The van der Waals surface area contributed by atoms with Gasteiger partial charge in [0, 0.05) is 58.6 Å². The Balaban J connectivity index is 0.000000127. The second-order valence-corrected chi connectivity index (χ2v) is 8.57. The van der Waals surface area contributed by atoms with Crippen molar-refractivity contribution >= 4 is 46.5 Å². The predicted octanol–water partition coefficient (Wildman–Crippen LogP) is 1.58. The molecule has 0 radical (unpaired) electrons. The molecule has 4 unspecified atom stereocenters. The number of dihydropyridines is 2. The van der Waals surface area contributed by atoms with E-state index in [0.29, 0.717) is 17.3 Å². The molecule has 6 rings (SSSR count). The van der Waals surface area contributed by atoms with Crippen LogP contribution in [0.5, 0.6) is 0 Å². The molecule has 10 heteroatoms. The van der Waals surface area contributed by atoms with Gasteiger partial charge in [0.05, 0.1) is 5.92 Å². The molecule has 4 atom stereocenters. The number of fused-ring (bicyclic) bond motifs is 2. The van der Waals surface area contributed by atoms with E-state index in [4.69, 9.17) is 10.0 Å². The van der Waals surface area contributed by atoms with Crippen LogP contribution < -0.4 is 16.1 Å². The molecule has 6 heterocycles. The number of nitrogens with one attached hydrogen (secondary N) is 2. The molecule has 8 nitrogen and oxygen atoms in total. The molecule has 0 fully saturated rings. The van der Waals surface area contributed by atoms with Gasteiger partial charge >= 0.3 is 13.3 Å². The zero-order valence-electron chi connectivity index (χ0n) is 18.1. The molecule has 170 valence electrons. The van der Waals surface area contributed by atoms with Gasteiger partial charge in [-0.2, -0.15) is 5.32 Å². The van der Waals surface area contributed by atoms with Crippen LogP contribution in [0.3, 0.4) is 0 Å². The Morgan fingerprint density at radius 3 is 2.44 bits per heavy atom. The second-order valence-electron chi connectivity index (χ2n) is 7.66. The average Bonchev–Trinajstić information content (AvgIpc) is 3.54. The molecule has 4 aliphatic rings. The van der Waals surface area contributed by atoms with Gasteiger partial charge in [-0.25, -0.2) is 0 Å². The maximum atomic E-state index is 8.54. The van der Waals surface area contributed by atoms with Crippen LogP contribution in [-0.2, 0) is 0 Å². The molecule has 34 heavy (non-hydrogen) atoms. The SMILES string of the molecule is BrC1=CC2C=[C+]NC2N=C1.C1=CC2C=C(c3cccnc3)C=NC2N1.OB(O)c1cccnc1. The van der Waals surface area contributed by atoms with Crippen LogP contribution >= 0.6 is 15.9 Å². The van der Waals surface area contributed by atoms with Gasteiger partial charge in [-0.1, -0.05) is 30.4 Å². The van der Waals surface area contributed by atoms with Crippen molar-refractivity contribution < 1.29 is 10.0 Å². The highest BCUT2D eigenvalue weighted by atomic mass is 79.9. The second kappa shape index (κ2) is 11.6. The summed E-state index contributed by atoms with van der Waals surface area (Å²) in [5.41, 5.74) is 2.69. The number of pyridine rings is 2. The Labute approximate surface area is 207 Å². The van der Waals surface area contributed by atoms with E-state index >= 15 is 0 Å². The fourth-order valence-corrected chi connectivity index (χ4v) is 3.91. The van der Waals surface area contributed by atoms with Crippen molar-refractivity contribution in [3.05, 3.63) is 95.8 Å². The van der Waals surface area contributed by atoms with E-state index in [0.717, 1.165) is 15.6 Å². The van der Waals surface area contributed by atoms with E-state index in [1.54, 1.807) is 24.5 Å². The molecular formula is C24H23BBrN6O2+. The largest absolute Gasteiger partial charge is 0.490 e. The lowest BCUT2D eigenvalue weighted by Crippen LogP contribution is -2.29. The van der Waals surface area contributed by atoms with Crippen LogP contribution in [0.4, 0.5) is 0 Å². The first-order chi connectivity index (χ1) is 16.6. The minimum atomic E-state index is -1.40. The van der Waals surface area contributed by atoms with Crippen molar-refractivity contribution in [1.82, 2.24) is 20.6 Å². The Kier molecular flexibility index (Phi) is 8.11. The molecule has 0 saturated heterocycles. The maximum Gasteiger partial charge on any atom is 0.490 e. The topological polar surface area (TPSA) is 115 Å². The van der Waals surface area contributed by atoms with Crippen LogP contribution in [0.25, 0.3) is 5.57 Å². The molecule has 0 bridgehead atoms. The fraction of sp³-hybridized carbons (Fsp3) is 0.167. The van der Waals surface area contributed by atoms with Crippen LogP contribution in [-0.4, -0.2) is 51.9 Å². The molecule has 4 aliphatic heterocycles. The molecule has 0 aromatic carbocycles. The molecule has 2 aromatic heterocycles. The summed E-state index contributed by atoms with van der Waals surface area (Å²) in [5.74, 6) is 0.768. The Morgan fingerprint density at radius 1 is 0.941 bits per heavy atom. The van der Waals surface area contributed by atoms with Gasteiger partial charge in [-0.15, -0.1) is 0 Å². The summed E-state index contributed by atoms with van der Waals surface area (Å²) in [6.07, 6.45) is 24.1. The summed E-state index contributed by atoms with van der Waals surface area (Å²) in [5, 5.41) is 23.3. The average molecular weight is 518 g/mol. The third kappa shape index (κ3) is 6.33. The van der Waals surface area contributed by atoms with Crippen molar-refractivity contribution in [1.29, 1.82) is 0 Å². The molecule has 0 spiro atoms. The minimum Gasteiger partial charge on any atom is -0.423 e. The molecule has 0 amide bonds. The molecule has 0 saturated carbocycles. The van der Waals surface area contributed by atoms with Crippen LogP contribution in [0.15, 0.2) is 94.0 Å². The number of rotatable bonds is 2. The van der Waals surface area contributed by atoms with Crippen LogP contribution in [0, 0.1) is 18.0 Å². The first-order valence-electron chi connectivity index (χ1n) is 10.7. The van der Waals surface area contributed by atoms with E-state index in [-0.39, 0.29) is 12.3 Å². The van der Waals surface area contributed by atoms with Gasteiger partial charge in [0.15, 0.2) is 12.2 Å². The third-order valence-corrected chi connectivity index (χ3v) is 5.72. The number of hydrogen-bond acceptors (Lipinski definition) is 8. The molecular weight excluding hydrogens is 495 g/mol. The lowest BCUT2D eigenvalue weighted by molar-refractivity contribution is 0.425. The lowest BCUT2D eigenvalue weighted by atomic mass is 9.82. The first-order valence-corrected chi connectivity index (χ1v) is 11.5. The summed E-state index contributed by atoms with van der Waals surface area (Å²) in [4.78, 5) is 16.5. The van der Waals surface area contributed by atoms with Gasteiger partial charge in [-0.3, -0.25) is 20.0 Å². The summed E-state index contributed by atoms with van der Waals surface area (Å²) < 4.78 is 1.05. The molecule has 2 aromatic rings. The number of aromatic nitrogens is 2. The van der Waals surface area contributed by atoms with Gasteiger partial charge in [-0.05, 0) is 39.8 Å². The highest BCUT2D eigenvalue weighted by molar-refractivity contribution is 9.12. The summed E-state index contributed by atoms with van der Waals surface area (Å²) in [6, 6.07) is 7.24. The first kappa shape index (κ1) is 23.7. The van der Waals surface area contributed by atoms with Crippen molar-refractivity contribution in [3.63, 3.8) is 0 Å². The summed E-state index contributed by atoms with van der Waals surface area (Å²) in [6.45, 7) is 0. The number of allylic oxidation sites excluding steroid dienone is 2. The van der Waals surface area contributed by atoms with Crippen molar-refractivity contribution in [2.45, 2.75) is 12.3 Å². The predicted molar refractivity (Wildman–Crippen MR) is 138 cm³/mol. The smallest absolute Gasteiger partial charge is 0.423 e. The molecule has 4 N–H and O–H groups in total. The van der Waals surface area contributed by atoms with Crippen LogP contribution in [0.1, 0.15) is 5.56 Å². The normalized spacial score (nSPS) is 24.4. The standard InChI is InChI=1S/C12H11N3.C7H6BrN2.C5H6BNO2/c1-2-10(7-13-4-1)11-6-9-3-5-14-12(9)15-8-11;8-6-3-5-1-2-9-7(5)10-4-6;8-6(9)5-2-1-3-7-4-5/h1-9,12,14H;1,3-5,7,9H;1-4,8-9H/q;+1;. The lowest BCUT2D eigenvalue weighted by Gasteiger charge is -2.18. The number of hydrogen-bond donors (Lipinski definition) is 4. The van der Waals surface area contributed by atoms with Crippen molar-refractivity contribution in [2.24, 2.45) is 21.8 Å². The van der Waals surface area contributed by atoms with E-state index in [1.807, 2.05) is 37.0 Å². The number of nitrogens with zero attached hydrogens (tertiary/aromatic N) is 4. The molecule has 0 aliphatic carbocycles. The van der Waals surface area contributed by atoms with Gasteiger partial charge < -0.3 is 15.4 Å². The Hall–Kier alpha value is -3.43. The van der Waals surface area contributed by atoms with E-state index < -0.39 is 7.12 Å². The van der Waals surface area contributed by atoms with Gasteiger partial charge in [0.1, 0.15) is 6.17 Å². The van der Waals surface area contributed by atoms with E-state index in [1.165, 1.54) is 6.20 Å². The Morgan fingerprint density at radius 2 is 1.74 bits per heavy atom. The Bertz CT molecular complexity index is 1130. The highest BCUT2D eigenvalue weighted by Crippen LogP contribution is 2.24. The zero-order valence-corrected chi connectivity index (χ0v) is 19.7. The quantitative estimate of drug-likeness (QED) is 0.355. The summed E-state index contributed by atoms with van der Waals surface area (Å²) in [7, 11) is -1.40. The monoisotopic (exact) mass is 517 g/mol. The number of halogens is 1. The van der Waals surface area contributed by atoms with Gasteiger partial charge in [0.25, 0.3) is 0 Å². The van der Waals surface area contributed by atoms with Crippen LogP contribution in [0.2, 0.25) is 0 Å².